The highest BCUT2D eigenvalue weighted by molar-refractivity contribution is 6.30. The van der Waals surface area contributed by atoms with Crippen LogP contribution < -0.4 is 16.4 Å². The summed E-state index contributed by atoms with van der Waals surface area (Å²) >= 11 is 5.98. The van der Waals surface area contributed by atoms with E-state index < -0.39 is 0 Å². The first kappa shape index (κ1) is 19.7. The predicted molar refractivity (Wildman–Crippen MR) is 114 cm³/mol. The second-order valence-electron chi connectivity index (χ2n) is 6.55. The number of benzene rings is 2. The fourth-order valence-electron chi connectivity index (χ4n) is 2.68. The van der Waals surface area contributed by atoms with E-state index >= 15 is 0 Å². The molecule has 0 fully saturated rings. The number of rotatable bonds is 6. The second kappa shape index (κ2) is 8.77. The van der Waals surface area contributed by atoms with Crippen molar-refractivity contribution in [3.05, 3.63) is 59.6 Å². The summed E-state index contributed by atoms with van der Waals surface area (Å²) in [5.41, 5.74) is 9.01. The molecule has 0 unspecified atom stereocenters. The molecule has 8 heteroatoms. The van der Waals surface area contributed by atoms with Gasteiger partial charge in [0.1, 0.15) is 11.4 Å². The lowest BCUT2D eigenvalue weighted by Crippen LogP contribution is -2.34. The number of nitrogens with two attached hydrogens (primary N) is 1. The Balaban J connectivity index is 1.94. The van der Waals surface area contributed by atoms with Crippen LogP contribution in [-0.4, -0.2) is 47.9 Å². The fourth-order valence-corrected chi connectivity index (χ4v) is 2.81. The molecule has 2 amide bonds. The topological polar surface area (TPSA) is 88.2 Å². The number of nitrogens with zero attached hydrogens (tertiary/aromatic N) is 3. The van der Waals surface area contributed by atoms with Gasteiger partial charge < -0.3 is 21.3 Å². The summed E-state index contributed by atoms with van der Waals surface area (Å²) in [6.07, 6.45) is 0. The maximum absolute atomic E-state index is 12.4. The zero-order valence-electron chi connectivity index (χ0n) is 15.8. The van der Waals surface area contributed by atoms with Crippen molar-refractivity contribution in [1.29, 1.82) is 0 Å². The number of nitrogens with one attached hydrogen (secondary N) is 2. The van der Waals surface area contributed by atoms with Gasteiger partial charge in [0.2, 0.25) is 0 Å². The number of carbonyl (C=O) groups is 1. The molecule has 0 saturated heterocycles. The number of likely N-dealkylation sites (N-methyl/N-ethyl adjacent to an activating group) is 1. The molecule has 3 rings (SSSR count). The van der Waals surface area contributed by atoms with Crippen molar-refractivity contribution in [1.82, 2.24) is 20.0 Å². The molecule has 4 N–H and O–H groups in total. The maximum Gasteiger partial charge on any atom is 0.319 e. The molecule has 3 aromatic rings. The van der Waals surface area contributed by atoms with Gasteiger partial charge in [0, 0.05) is 23.7 Å². The summed E-state index contributed by atoms with van der Waals surface area (Å²) < 4.78 is 1.59. The molecule has 0 bridgehead atoms. The third kappa shape index (κ3) is 4.62. The molecule has 0 aliphatic heterocycles. The predicted octanol–water partition coefficient (Wildman–Crippen LogP) is 3.46. The first-order valence-electron chi connectivity index (χ1n) is 8.85. The third-order valence-corrected chi connectivity index (χ3v) is 4.37. The number of amides is 2. The average molecular weight is 399 g/mol. The van der Waals surface area contributed by atoms with Gasteiger partial charge in [0.15, 0.2) is 5.82 Å². The number of carbonyl (C=O) groups excluding carboxylic acids is 1. The summed E-state index contributed by atoms with van der Waals surface area (Å²) in [5.74, 6) is 0.337. The minimum Gasteiger partial charge on any atom is -0.382 e. The van der Waals surface area contributed by atoms with Gasteiger partial charge in [-0.2, -0.15) is 5.10 Å². The van der Waals surface area contributed by atoms with Crippen molar-refractivity contribution in [2.45, 2.75) is 0 Å². The Morgan fingerprint density at radius 2 is 1.82 bits per heavy atom. The summed E-state index contributed by atoms with van der Waals surface area (Å²) in [4.78, 5) is 14.4. The monoisotopic (exact) mass is 398 g/mol. The molecule has 1 aromatic heterocycles. The summed E-state index contributed by atoms with van der Waals surface area (Å²) in [6.45, 7) is 1.25. The maximum atomic E-state index is 12.4. The van der Waals surface area contributed by atoms with Crippen LogP contribution in [0.2, 0.25) is 5.02 Å². The van der Waals surface area contributed by atoms with E-state index in [0.717, 1.165) is 17.8 Å². The van der Waals surface area contributed by atoms with Gasteiger partial charge >= 0.3 is 6.03 Å². The Morgan fingerprint density at radius 1 is 1.14 bits per heavy atom. The highest BCUT2D eigenvalue weighted by atomic mass is 35.5. The van der Waals surface area contributed by atoms with E-state index in [1.807, 2.05) is 61.5 Å². The van der Waals surface area contributed by atoms with Crippen molar-refractivity contribution in [3.63, 3.8) is 0 Å². The number of hydrogen-bond donors (Lipinski definition) is 3. The minimum absolute atomic E-state index is 0.332. The molecular weight excluding hydrogens is 376 g/mol. The Kier molecular flexibility index (Phi) is 6.18. The largest absolute Gasteiger partial charge is 0.382 e. The van der Waals surface area contributed by atoms with E-state index in [2.05, 4.69) is 15.7 Å². The van der Waals surface area contributed by atoms with Crippen LogP contribution in [0.25, 0.3) is 16.9 Å². The van der Waals surface area contributed by atoms with Crippen LogP contribution in [0.15, 0.2) is 54.6 Å². The first-order chi connectivity index (χ1) is 13.5. The highest BCUT2D eigenvalue weighted by Crippen LogP contribution is 2.34. The van der Waals surface area contributed by atoms with Crippen molar-refractivity contribution in [2.75, 3.05) is 38.2 Å². The highest BCUT2D eigenvalue weighted by Gasteiger charge is 2.20. The van der Waals surface area contributed by atoms with E-state index in [9.17, 15) is 4.79 Å². The molecule has 28 heavy (non-hydrogen) atoms. The van der Waals surface area contributed by atoms with Crippen LogP contribution >= 0.6 is 11.6 Å². The third-order valence-electron chi connectivity index (χ3n) is 4.12. The van der Waals surface area contributed by atoms with Gasteiger partial charge in [-0.05, 0) is 38.4 Å². The van der Waals surface area contributed by atoms with Crippen LogP contribution in [0.5, 0.6) is 0 Å². The molecule has 0 radical (unpaired) electrons. The van der Waals surface area contributed by atoms with Gasteiger partial charge in [0.25, 0.3) is 0 Å². The lowest BCUT2D eigenvalue weighted by atomic mass is 10.1. The Bertz CT molecular complexity index is 937. The molecular formula is C20H23ClN6O. The minimum atomic E-state index is -0.332. The normalized spacial score (nSPS) is 10.9. The molecule has 146 valence electrons. The fraction of sp³-hybridized carbons (Fsp3) is 0.200. The molecule has 1 heterocycles. The lowest BCUT2D eigenvalue weighted by molar-refractivity contribution is 0.250. The number of halogens is 1. The molecule has 2 aromatic carbocycles. The van der Waals surface area contributed by atoms with Gasteiger partial charge in [-0.25, -0.2) is 9.48 Å². The van der Waals surface area contributed by atoms with E-state index in [1.54, 1.807) is 16.8 Å². The Hall–Kier alpha value is -3.03. The van der Waals surface area contributed by atoms with Crippen LogP contribution in [0, 0.1) is 0 Å². The SMILES string of the molecule is CN(C)CCNC(=O)Nc1c(-c2ccccc2)nn(-c2ccc(Cl)cc2)c1N. The van der Waals surface area contributed by atoms with Crippen LogP contribution in [0.1, 0.15) is 0 Å². The quantitative estimate of drug-likeness (QED) is 0.593. The van der Waals surface area contributed by atoms with Gasteiger partial charge in [0.05, 0.1) is 5.69 Å². The molecule has 0 saturated carbocycles. The number of urea groups is 1. The van der Waals surface area contributed by atoms with Crippen molar-refractivity contribution >= 4 is 29.1 Å². The van der Waals surface area contributed by atoms with Crippen molar-refractivity contribution in [2.24, 2.45) is 0 Å². The molecule has 0 aliphatic rings. The lowest BCUT2D eigenvalue weighted by Gasteiger charge is -2.12. The number of nitrogen functional groups attached to an aromatic ring is 1. The zero-order valence-corrected chi connectivity index (χ0v) is 16.6. The molecule has 0 aliphatic carbocycles. The standard InChI is InChI=1S/C20H23ClN6O/c1-26(2)13-12-23-20(28)24-18-17(14-6-4-3-5-7-14)25-27(19(18)22)16-10-8-15(21)9-11-16/h3-11H,12-13,22H2,1-2H3,(H2,23,24,28). The van der Waals surface area contributed by atoms with Gasteiger partial charge in [-0.3, -0.25) is 0 Å². The zero-order chi connectivity index (χ0) is 20.1. The summed E-state index contributed by atoms with van der Waals surface area (Å²) in [6, 6.07) is 16.4. The number of anilines is 2. The number of hydrogen-bond acceptors (Lipinski definition) is 4. The van der Waals surface area contributed by atoms with Crippen LogP contribution in [0.3, 0.4) is 0 Å². The average Bonchev–Trinajstić information content (AvgIpc) is 2.99. The smallest absolute Gasteiger partial charge is 0.319 e. The molecule has 7 nitrogen and oxygen atoms in total. The van der Waals surface area contributed by atoms with Crippen molar-refractivity contribution in [3.8, 4) is 16.9 Å². The van der Waals surface area contributed by atoms with E-state index in [1.165, 1.54) is 0 Å². The number of aromatic nitrogens is 2. The van der Waals surface area contributed by atoms with Crippen LogP contribution in [0.4, 0.5) is 16.3 Å². The van der Waals surface area contributed by atoms with E-state index in [-0.39, 0.29) is 6.03 Å². The van der Waals surface area contributed by atoms with Crippen LogP contribution in [-0.2, 0) is 0 Å². The Labute approximate surface area is 169 Å². The van der Waals surface area contributed by atoms with E-state index in [4.69, 9.17) is 17.3 Å². The second-order valence-corrected chi connectivity index (χ2v) is 6.98. The van der Waals surface area contributed by atoms with Crippen molar-refractivity contribution < 1.29 is 4.79 Å². The Morgan fingerprint density at radius 3 is 2.46 bits per heavy atom. The summed E-state index contributed by atoms with van der Waals surface area (Å²) in [7, 11) is 3.89. The van der Waals surface area contributed by atoms with E-state index in [0.29, 0.717) is 28.8 Å². The first-order valence-corrected chi connectivity index (χ1v) is 9.23. The molecule has 0 atom stereocenters. The molecule has 0 spiro atoms. The van der Waals surface area contributed by atoms with Gasteiger partial charge in [-0.15, -0.1) is 0 Å². The van der Waals surface area contributed by atoms with Gasteiger partial charge in [-0.1, -0.05) is 41.9 Å². The summed E-state index contributed by atoms with van der Waals surface area (Å²) in [5, 5.41) is 10.9.